The average molecular weight is 484 g/mol. The molecular formula is C25H42FN3O5. The number of nitrogens with one attached hydrogen (secondary N) is 2. The molecule has 8 nitrogen and oxygen atoms in total. The molecule has 1 fully saturated rings. The first-order chi connectivity index (χ1) is 16.4. The van der Waals surface area contributed by atoms with Gasteiger partial charge in [0.25, 0.3) is 5.91 Å². The van der Waals surface area contributed by atoms with Crippen LogP contribution in [0, 0.1) is 5.92 Å². The number of halogens is 1. The molecule has 0 saturated carbocycles. The standard InChI is InChI=1S/C25H42FN3O5/c1-5-33-25(31)20-11-10-17(15-27-20)29(16(2)3)24(30)21-14-22(34-13-7-12-32-4)18-8-6-9-19(26)23(18)28-21/h6,8,14,16-20,22-23,25,27-28,31H,5,7,9-13,15H2,1-4H3. The number of allylic oxidation sites excluding steroid dienone is 1. The minimum absolute atomic E-state index is 0.0357. The highest BCUT2D eigenvalue weighted by molar-refractivity contribution is 5.93. The Labute approximate surface area is 202 Å². The lowest BCUT2D eigenvalue weighted by molar-refractivity contribution is -0.136. The van der Waals surface area contributed by atoms with Gasteiger partial charge in [-0.1, -0.05) is 12.2 Å². The summed E-state index contributed by atoms with van der Waals surface area (Å²) < 4.78 is 31.4. The third kappa shape index (κ3) is 6.57. The Bertz CT molecular complexity index is 711. The monoisotopic (exact) mass is 483 g/mol. The van der Waals surface area contributed by atoms with Crippen LogP contribution in [-0.2, 0) is 19.0 Å². The second-order valence-electron chi connectivity index (χ2n) is 9.59. The van der Waals surface area contributed by atoms with Crippen LogP contribution in [-0.4, -0.2) is 92.1 Å². The molecule has 1 aliphatic carbocycles. The predicted octanol–water partition coefficient (Wildman–Crippen LogP) is 1.89. The molecule has 0 aromatic rings. The lowest BCUT2D eigenvalue weighted by Crippen LogP contribution is -2.59. The molecule has 9 heteroatoms. The molecule has 34 heavy (non-hydrogen) atoms. The van der Waals surface area contributed by atoms with Crippen molar-refractivity contribution in [2.45, 2.75) is 89.2 Å². The molecule has 3 rings (SSSR count). The van der Waals surface area contributed by atoms with Crippen molar-refractivity contribution in [3.05, 3.63) is 23.9 Å². The Morgan fingerprint density at radius 3 is 2.76 bits per heavy atom. The van der Waals surface area contributed by atoms with Crippen molar-refractivity contribution < 1.29 is 28.5 Å². The van der Waals surface area contributed by atoms with Gasteiger partial charge in [0.15, 0.2) is 6.29 Å². The Balaban J connectivity index is 1.73. The predicted molar refractivity (Wildman–Crippen MR) is 128 cm³/mol. The SMILES string of the molecule is CCOC(O)C1CCC(N(C(=O)C2=CC(OCCCOC)C3C=CCC(F)C3N2)C(C)C)CN1. The number of alkyl halides is 1. The van der Waals surface area contributed by atoms with Gasteiger partial charge in [-0.2, -0.15) is 0 Å². The molecule has 0 spiro atoms. The molecule has 194 valence electrons. The van der Waals surface area contributed by atoms with Crippen LogP contribution >= 0.6 is 0 Å². The topological polar surface area (TPSA) is 92.3 Å². The molecular weight excluding hydrogens is 441 g/mol. The average Bonchev–Trinajstić information content (AvgIpc) is 2.82. The second-order valence-corrected chi connectivity index (χ2v) is 9.59. The normalized spacial score (nSPS) is 32.0. The van der Waals surface area contributed by atoms with Gasteiger partial charge in [-0.25, -0.2) is 4.39 Å². The Kier molecular flexibility index (Phi) is 10.3. The molecule has 0 aromatic heterocycles. The van der Waals surface area contributed by atoms with Gasteiger partial charge in [0.05, 0.1) is 23.9 Å². The van der Waals surface area contributed by atoms with E-state index in [1.165, 1.54) is 0 Å². The molecule has 0 bridgehead atoms. The third-order valence-corrected chi connectivity index (χ3v) is 6.88. The fourth-order valence-electron chi connectivity index (χ4n) is 5.18. The summed E-state index contributed by atoms with van der Waals surface area (Å²) in [5.74, 6) is -0.302. The maximum Gasteiger partial charge on any atom is 0.270 e. The summed E-state index contributed by atoms with van der Waals surface area (Å²) in [5.41, 5.74) is 0.404. The van der Waals surface area contributed by atoms with Crippen LogP contribution in [0.1, 0.15) is 46.5 Å². The van der Waals surface area contributed by atoms with E-state index in [-0.39, 0.29) is 36.1 Å². The van der Waals surface area contributed by atoms with Crippen LogP contribution < -0.4 is 10.6 Å². The van der Waals surface area contributed by atoms with Gasteiger partial charge in [-0.15, -0.1) is 0 Å². The van der Waals surface area contributed by atoms with E-state index in [0.29, 0.717) is 44.9 Å². The number of nitrogens with zero attached hydrogens (tertiary/aromatic N) is 1. The number of amides is 1. The Morgan fingerprint density at radius 1 is 1.32 bits per heavy atom. The first-order valence-electron chi connectivity index (χ1n) is 12.6. The largest absolute Gasteiger partial charge is 0.385 e. The summed E-state index contributed by atoms with van der Waals surface area (Å²) in [7, 11) is 1.65. The lowest BCUT2D eigenvalue weighted by atomic mass is 9.81. The smallest absolute Gasteiger partial charge is 0.270 e. The zero-order chi connectivity index (χ0) is 24.7. The van der Waals surface area contributed by atoms with Crippen LogP contribution in [0.2, 0.25) is 0 Å². The van der Waals surface area contributed by atoms with Crippen molar-refractivity contribution in [3.8, 4) is 0 Å². The van der Waals surface area contributed by atoms with E-state index >= 15 is 0 Å². The highest BCUT2D eigenvalue weighted by Crippen LogP contribution is 2.32. The van der Waals surface area contributed by atoms with E-state index in [9.17, 15) is 14.3 Å². The molecule has 3 N–H and O–H groups in total. The van der Waals surface area contributed by atoms with Crippen LogP contribution in [0.15, 0.2) is 23.9 Å². The van der Waals surface area contributed by atoms with Gasteiger partial charge < -0.3 is 34.9 Å². The second kappa shape index (κ2) is 13.0. The summed E-state index contributed by atoms with van der Waals surface area (Å²) >= 11 is 0. The van der Waals surface area contributed by atoms with Crippen LogP contribution in [0.4, 0.5) is 4.39 Å². The number of hydrogen-bond acceptors (Lipinski definition) is 7. The van der Waals surface area contributed by atoms with Crippen molar-refractivity contribution in [2.24, 2.45) is 5.92 Å². The number of fused-ring (bicyclic) bond motifs is 1. The number of hydrogen-bond donors (Lipinski definition) is 3. The molecule has 7 unspecified atom stereocenters. The zero-order valence-corrected chi connectivity index (χ0v) is 20.9. The van der Waals surface area contributed by atoms with Crippen molar-refractivity contribution in [3.63, 3.8) is 0 Å². The van der Waals surface area contributed by atoms with Gasteiger partial charge in [0.2, 0.25) is 0 Å². The minimum atomic E-state index is -1.08. The summed E-state index contributed by atoms with van der Waals surface area (Å²) in [4.78, 5) is 15.6. The van der Waals surface area contributed by atoms with E-state index in [0.717, 1.165) is 12.8 Å². The van der Waals surface area contributed by atoms with Crippen molar-refractivity contribution in [1.29, 1.82) is 0 Å². The molecule has 0 aromatic carbocycles. The highest BCUT2D eigenvalue weighted by Gasteiger charge is 2.42. The van der Waals surface area contributed by atoms with Gasteiger partial charge in [-0.05, 0) is 52.5 Å². The van der Waals surface area contributed by atoms with Crippen molar-refractivity contribution in [1.82, 2.24) is 15.5 Å². The lowest BCUT2D eigenvalue weighted by Gasteiger charge is -2.44. The van der Waals surface area contributed by atoms with E-state index in [1.807, 2.05) is 43.9 Å². The maximum absolute atomic E-state index is 14.9. The maximum atomic E-state index is 14.9. The van der Waals surface area contributed by atoms with Gasteiger partial charge >= 0.3 is 0 Å². The summed E-state index contributed by atoms with van der Waals surface area (Å²) in [5, 5.41) is 16.7. The number of carbonyl (C=O) groups excluding carboxylic acids is 1. The molecule has 2 aliphatic heterocycles. The quantitative estimate of drug-likeness (QED) is 0.235. The summed E-state index contributed by atoms with van der Waals surface area (Å²) in [6.07, 6.45) is 5.88. The van der Waals surface area contributed by atoms with Gasteiger partial charge in [-0.3, -0.25) is 4.79 Å². The molecule has 7 atom stereocenters. The first kappa shape index (κ1) is 27.1. The fraction of sp³-hybridized carbons (Fsp3) is 0.800. The number of ether oxygens (including phenoxy) is 3. The van der Waals surface area contributed by atoms with Crippen LogP contribution in [0.25, 0.3) is 0 Å². The number of piperidine rings is 1. The van der Waals surface area contributed by atoms with Gasteiger partial charge in [0.1, 0.15) is 6.17 Å². The zero-order valence-electron chi connectivity index (χ0n) is 20.9. The van der Waals surface area contributed by atoms with Crippen LogP contribution in [0.5, 0.6) is 0 Å². The van der Waals surface area contributed by atoms with Gasteiger partial charge in [0, 0.05) is 51.5 Å². The van der Waals surface area contributed by atoms with E-state index in [4.69, 9.17) is 14.2 Å². The number of rotatable bonds is 11. The van der Waals surface area contributed by atoms with Crippen molar-refractivity contribution >= 4 is 5.91 Å². The summed E-state index contributed by atoms with van der Waals surface area (Å²) in [6.45, 7) is 7.91. The first-order valence-corrected chi connectivity index (χ1v) is 12.6. The van der Waals surface area contributed by atoms with E-state index in [1.54, 1.807) is 7.11 Å². The Hall–Kier alpha value is -1.52. The summed E-state index contributed by atoms with van der Waals surface area (Å²) in [6, 6.07) is -0.724. The third-order valence-electron chi connectivity index (χ3n) is 6.88. The molecule has 1 amide bonds. The van der Waals surface area contributed by atoms with E-state index < -0.39 is 18.5 Å². The molecule has 0 radical (unpaired) electrons. The minimum Gasteiger partial charge on any atom is -0.385 e. The molecule has 2 heterocycles. The van der Waals surface area contributed by atoms with Crippen LogP contribution in [0.3, 0.4) is 0 Å². The number of aliphatic hydroxyl groups excluding tert-OH is 1. The fourth-order valence-corrected chi connectivity index (χ4v) is 5.18. The highest BCUT2D eigenvalue weighted by atomic mass is 19.1. The number of aliphatic hydroxyl groups is 1. The Morgan fingerprint density at radius 2 is 2.12 bits per heavy atom. The number of methoxy groups -OCH3 is 1. The van der Waals surface area contributed by atoms with Crippen molar-refractivity contribution in [2.75, 3.05) is 33.5 Å². The molecule has 3 aliphatic rings. The van der Waals surface area contributed by atoms with E-state index in [2.05, 4.69) is 10.6 Å². The number of carbonyl (C=O) groups is 1. The molecule has 1 saturated heterocycles.